The molecule has 1 fully saturated rings. The zero-order chi connectivity index (χ0) is 22.3. The second kappa shape index (κ2) is 10.3. The molecule has 31 heavy (non-hydrogen) atoms. The van der Waals surface area contributed by atoms with Gasteiger partial charge in [-0.25, -0.2) is 13.2 Å². The molecule has 166 valence electrons. The maximum Gasteiger partial charge on any atom is 0.410 e. The third-order valence-corrected chi connectivity index (χ3v) is 5.69. The van der Waals surface area contributed by atoms with Crippen molar-refractivity contribution in [1.82, 2.24) is 10.2 Å². The Morgan fingerprint density at radius 3 is 2.29 bits per heavy atom. The molecule has 2 aromatic carbocycles. The molecule has 2 aromatic rings. The molecular weight excluding hydrogens is 418 g/mol. The lowest BCUT2D eigenvalue weighted by molar-refractivity contribution is 0.0801. The lowest BCUT2D eigenvalue weighted by atomic mass is 9.97. The molecule has 0 aliphatic carbocycles. The third kappa shape index (κ3) is 7.29. The number of likely N-dealkylation sites (tertiary alicyclic amines) is 1. The summed E-state index contributed by atoms with van der Waals surface area (Å²) in [6, 6.07) is 15.8. The van der Waals surface area contributed by atoms with Gasteiger partial charge in [-0.2, -0.15) is 0 Å². The van der Waals surface area contributed by atoms with Gasteiger partial charge >= 0.3 is 6.09 Å². The summed E-state index contributed by atoms with van der Waals surface area (Å²) >= 11 is 0. The monoisotopic (exact) mass is 445 g/mol. The number of nitrogens with zero attached hydrogens (tertiary/aromatic N) is 1. The minimum atomic E-state index is -3.35. The van der Waals surface area contributed by atoms with E-state index in [0.29, 0.717) is 30.9 Å². The average Bonchev–Trinajstić information content (AvgIpc) is 2.76. The Balaban J connectivity index is 1.38. The Morgan fingerprint density at radius 2 is 1.68 bits per heavy atom. The maximum absolute atomic E-state index is 12.3. The summed E-state index contributed by atoms with van der Waals surface area (Å²) in [5.74, 6) is 0.0731. The first-order chi connectivity index (χ1) is 14.8. The first-order valence-corrected chi connectivity index (χ1v) is 12.0. The second-order valence-corrected chi connectivity index (χ2v) is 9.38. The van der Waals surface area contributed by atoms with Gasteiger partial charge in [0.25, 0.3) is 5.91 Å². The van der Waals surface area contributed by atoms with E-state index in [1.54, 1.807) is 29.2 Å². The van der Waals surface area contributed by atoms with Gasteiger partial charge in [-0.05, 0) is 48.6 Å². The smallest absolute Gasteiger partial charge is 0.410 e. The van der Waals surface area contributed by atoms with Gasteiger partial charge in [0.05, 0.1) is 6.26 Å². The minimum absolute atomic E-state index is 0.212. The Labute approximate surface area is 182 Å². The van der Waals surface area contributed by atoms with E-state index in [0.717, 1.165) is 24.7 Å². The van der Waals surface area contributed by atoms with Gasteiger partial charge in [-0.15, -0.1) is 0 Å². The quantitative estimate of drug-likeness (QED) is 0.682. The van der Waals surface area contributed by atoms with E-state index >= 15 is 0 Å². The fourth-order valence-electron chi connectivity index (χ4n) is 3.37. The highest BCUT2D eigenvalue weighted by molar-refractivity contribution is 7.92. The molecule has 1 aliphatic heterocycles. The highest BCUT2D eigenvalue weighted by Gasteiger charge is 2.24. The van der Waals surface area contributed by atoms with Crippen LogP contribution in [-0.4, -0.2) is 51.2 Å². The van der Waals surface area contributed by atoms with E-state index in [2.05, 4.69) is 10.0 Å². The summed E-state index contributed by atoms with van der Waals surface area (Å²) in [7, 11) is -3.35. The van der Waals surface area contributed by atoms with Crippen LogP contribution < -0.4 is 10.0 Å². The van der Waals surface area contributed by atoms with Crippen LogP contribution in [-0.2, 0) is 21.4 Å². The SMILES string of the molecule is CS(=O)(=O)Nc1ccc(C(=O)NCC2CCN(C(=O)OCc3ccccc3)CC2)cc1. The van der Waals surface area contributed by atoms with Crippen molar-refractivity contribution in [1.29, 1.82) is 0 Å². The fraction of sp³-hybridized carbons (Fsp3) is 0.364. The van der Waals surface area contributed by atoms with Crippen LogP contribution in [0.3, 0.4) is 0 Å². The van der Waals surface area contributed by atoms with Gasteiger partial charge < -0.3 is 15.0 Å². The van der Waals surface area contributed by atoms with E-state index in [1.807, 2.05) is 30.3 Å². The number of carbonyl (C=O) groups excluding carboxylic acids is 2. The van der Waals surface area contributed by atoms with E-state index < -0.39 is 10.0 Å². The van der Waals surface area contributed by atoms with Crippen LogP contribution >= 0.6 is 0 Å². The van der Waals surface area contributed by atoms with Crippen LogP contribution in [0.5, 0.6) is 0 Å². The fourth-order valence-corrected chi connectivity index (χ4v) is 3.94. The molecule has 0 aromatic heterocycles. The molecule has 0 radical (unpaired) electrons. The zero-order valence-electron chi connectivity index (χ0n) is 17.4. The van der Waals surface area contributed by atoms with E-state index in [1.165, 1.54) is 0 Å². The molecule has 8 nitrogen and oxygen atoms in total. The summed E-state index contributed by atoms with van der Waals surface area (Å²) in [5.41, 5.74) is 1.82. The Bertz CT molecular complexity index is 986. The molecule has 3 rings (SSSR count). The highest BCUT2D eigenvalue weighted by Crippen LogP contribution is 2.18. The summed E-state index contributed by atoms with van der Waals surface area (Å²) in [5, 5.41) is 2.91. The lowest BCUT2D eigenvalue weighted by Crippen LogP contribution is -2.41. The predicted molar refractivity (Wildman–Crippen MR) is 118 cm³/mol. The molecule has 1 heterocycles. The Morgan fingerprint density at radius 1 is 1.03 bits per heavy atom. The van der Waals surface area contributed by atoms with Crippen LogP contribution in [0, 0.1) is 5.92 Å². The molecular formula is C22H27N3O5S. The Kier molecular flexibility index (Phi) is 7.51. The van der Waals surface area contributed by atoms with Crippen LogP contribution in [0.25, 0.3) is 0 Å². The summed E-state index contributed by atoms with van der Waals surface area (Å²) < 4.78 is 30.2. The number of hydrogen-bond acceptors (Lipinski definition) is 5. The molecule has 1 saturated heterocycles. The van der Waals surface area contributed by atoms with Crippen LogP contribution in [0.4, 0.5) is 10.5 Å². The van der Waals surface area contributed by atoms with Crippen molar-refractivity contribution in [2.24, 2.45) is 5.92 Å². The number of piperidine rings is 1. The van der Waals surface area contributed by atoms with Gasteiger partial charge in [0.1, 0.15) is 6.61 Å². The third-order valence-electron chi connectivity index (χ3n) is 5.08. The van der Waals surface area contributed by atoms with E-state index in [4.69, 9.17) is 4.74 Å². The number of hydrogen-bond donors (Lipinski definition) is 2. The van der Waals surface area contributed by atoms with Gasteiger partial charge in [-0.1, -0.05) is 30.3 Å². The molecule has 2 N–H and O–H groups in total. The lowest BCUT2D eigenvalue weighted by Gasteiger charge is -2.31. The maximum atomic E-state index is 12.3. The average molecular weight is 446 g/mol. The molecule has 0 atom stereocenters. The van der Waals surface area contributed by atoms with Crippen molar-refractivity contribution >= 4 is 27.7 Å². The number of sulfonamides is 1. The van der Waals surface area contributed by atoms with E-state index in [-0.39, 0.29) is 24.5 Å². The Hall–Kier alpha value is -3.07. The molecule has 0 bridgehead atoms. The normalized spacial score (nSPS) is 14.7. The van der Waals surface area contributed by atoms with Gasteiger partial charge in [0, 0.05) is 30.9 Å². The van der Waals surface area contributed by atoms with Gasteiger partial charge in [0.2, 0.25) is 10.0 Å². The van der Waals surface area contributed by atoms with Crippen molar-refractivity contribution in [2.75, 3.05) is 30.6 Å². The van der Waals surface area contributed by atoms with Crippen molar-refractivity contribution in [3.8, 4) is 0 Å². The highest BCUT2D eigenvalue weighted by atomic mass is 32.2. The van der Waals surface area contributed by atoms with Crippen molar-refractivity contribution < 1.29 is 22.7 Å². The molecule has 9 heteroatoms. The molecule has 1 aliphatic rings. The summed E-state index contributed by atoms with van der Waals surface area (Å²) in [6.45, 7) is 1.98. The first-order valence-electron chi connectivity index (χ1n) is 10.1. The van der Waals surface area contributed by atoms with Crippen LogP contribution in [0.1, 0.15) is 28.8 Å². The van der Waals surface area contributed by atoms with Crippen LogP contribution in [0.2, 0.25) is 0 Å². The van der Waals surface area contributed by atoms with Crippen molar-refractivity contribution in [3.05, 3.63) is 65.7 Å². The standard InChI is InChI=1S/C22H27N3O5S/c1-31(28,29)24-20-9-7-19(8-10-20)21(26)23-15-17-11-13-25(14-12-17)22(27)30-16-18-5-3-2-4-6-18/h2-10,17,24H,11-16H2,1H3,(H,23,26). The number of rotatable bonds is 7. The van der Waals surface area contributed by atoms with Crippen molar-refractivity contribution in [2.45, 2.75) is 19.4 Å². The van der Waals surface area contributed by atoms with Crippen LogP contribution in [0.15, 0.2) is 54.6 Å². The summed E-state index contributed by atoms with van der Waals surface area (Å²) in [6.07, 6.45) is 2.34. The predicted octanol–water partition coefficient (Wildman–Crippen LogP) is 2.84. The number of nitrogens with one attached hydrogen (secondary N) is 2. The number of benzene rings is 2. The number of carbonyl (C=O) groups is 2. The second-order valence-electron chi connectivity index (χ2n) is 7.63. The topological polar surface area (TPSA) is 105 Å². The zero-order valence-corrected chi connectivity index (χ0v) is 18.2. The minimum Gasteiger partial charge on any atom is -0.445 e. The number of anilines is 1. The number of amides is 2. The van der Waals surface area contributed by atoms with Gasteiger partial charge in [0.15, 0.2) is 0 Å². The van der Waals surface area contributed by atoms with Gasteiger partial charge in [-0.3, -0.25) is 9.52 Å². The van der Waals surface area contributed by atoms with Crippen molar-refractivity contribution in [3.63, 3.8) is 0 Å². The number of ether oxygens (including phenoxy) is 1. The molecule has 0 unspecified atom stereocenters. The van der Waals surface area contributed by atoms with E-state index in [9.17, 15) is 18.0 Å². The summed E-state index contributed by atoms with van der Waals surface area (Å²) in [4.78, 5) is 26.3. The first kappa shape index (κ1) is 22.6. The molecule has 2 amide bonds. The largest absolute Gasteiger partial charge is 0.445 e. The molecule has 0 spiro atoms. The molecule has 0 saturated carbocycles.